The van der Waals surface area contributed by atoms with Gasteiger partial charge in [0.15, 0.2) is 0 Å². The quantitative estimate of drug-likeness (QED) is 0.678. The van der Waals surface area contributed by atoms with Gasteiger partial charge in [0.25, 0.3) is 0 Å². The summed E-state index contributed by atoms with van der Waals surface area (Å²) in [4.78, 5) is 4.54. The van der Waals surface area contributed by atoms with Crippen LogP contribution in [-0.4, -0.2) is 11.5 Å². The number of benzene rings is 1. The van der Waals surface area contributed by atoms with E-state index >= 15 is 0 Å². The van der Waals surface area contributed by atoms with E-state index in [1.165, 1.54) is 5.56 Å². The number of aromatic nitrogens is 1. The molecule has 2 rings (SSSR count). The van der Waals surface area contributed by atoms with E-state index < -0.39 is 0 Å². The first kappa shape index (κ1) is 16.9. The lowest BCUT2D eigenvalue weighted by atomic mass is 10.0. The second-order valence-electron chi connectivity index (χ2n) is 4.93. The fraction of sp³-hybridized carbons (Fsp3) is 0.312. The summed E-state index contributed by atoms with van der Waals surface area (Å²) in [6, 6.07) is 8.33. The number of aryl methyl sites for hydroxylation is 1. The first-order valence-electron chi connectivity index (χ1n) is 6.80. The van der Waals surface area contributed by atoms with Crippen molar-refractivity contribution >= 4 is 43.5 Å². The summed E-state index contributed by atoms with van der Waals surface area (Å²) >= 11 is 13.4. The maximum absolute atomic E-state index is 6.36. The maximum Gasteiger partial charge on any atom is 0.0719 e. The van der Waals surface area contributed by atoms with Gasteiger partial charge < -0.3 is 5.32 Å². The average Bonchev–Trinajstić information content (AvgIpc) is 2.41. The summed E-state index contributed by atoms with van der Waals surface area (Å²) in [5.41, 5.74) is 3.30. The summed E-state index contributed by atoms with van der Waals surface area (Å²) in [7, 11) is 0. The molecule has 0 bridgehead atoms. The van der Waals surface area contributed by atoms with Crippen molar-refractivity contribution in [1.82, 2.24) is 10.3 Å². The molecule has 0 spiro atoms. The molecule has 0 aliphatic heterocycles. The smallest absolute Gasteiger partial charge is 0.0719 e. The average molecular weight is 433 g/mol. The van der Waals surface area contributed by atoms with Gasteiger partial charge in [0.2, 0.25) is 0 Å². The minimum absolute atomic E-state index is 0.123. The van der Waals surface area contributed by atoms with Gasteiger partial charge in [-0.25, -0.2) is 0 Å². The van der Waals surface area contributed by atoms with Crippen LogP contribution in [0.3, 0.4) is 0 Å². The van der Waals surface area contributed by atoms with Crippen molar-refractivity contribution in [3.8, 4) is 0 Å². The lowest BCUT2D eigenvalue weighted by molar-refractivity contribution is 0.534. The molecule has 2 aromatic rings. The second-order valence-corrected chi connectivity index (χ2v) is 7.11. The molecule has 21 heavy (non-hydrogen) atoms. The van der Waals surface area contributed by atoms with Crippen LogP contribution in [-0.2, 0) is 6.42 Å². The summed E-state index contributed by atoms with van der Waals surface area (Å²) < 4.78 is 1.95. The minimum atomic E-state index is 0.123. The Morgan fingerprint density at radius 1 is 1.29 bits per heavy atom. The van der Waals surface area contributed by atoms with Crippen LogP contribution in [0.1, 0.15) is 29.8 Å². The molecule has 0 aliphatic carbocycles. The molecule has 1 atom stereocenters. The fourth-order valence-electron chi connectivity index (χ4n) is 2.23. The third kappa shape index (κ3) is 4.52. The van der Waals surface area contributed by atoms with Gasteiger partial charge in [-0.3, -0.25) is 4.98 Å². The van der Waals surface area contributed by atoms with Crippen LogP contribution >= 0.6 is 43.5 Å². The van der Waals surface area contributed by atoms with E-state index in [0.29, 0.717) is 0 Å². The van der Waals surface area contributed by atoms with Crippen molar-refractivity contribution in [1.29, 1.82) is 0 Å². The molecular formula is C16H17Br2ClN2. The maximum atomic E-state index is 6.36. The van der Waals surface area contributed by atoms with Gasteiger partial charge in [-0.05, 0) is 75.0 Å². The number of pyridine rings is 1. The SMILES string of the molecule is CCNC(Cc1ccc(C)cc1Cl)c1ncc(Br)cc1Br. The molecule has 1 unspecified atom stereocenters. The lowest BCUT2D eigenvalue weighted by Crippen LogP contribution is -2.24. The van der Waals surface area contributed by atoms with E-state index in [9.17, 15) is 0 Å². The van der Waals surface area contributed by atoms with Crippen molar-refractivity contribution in [2.24, 2.45) is 0 Å². The Balaban J connectivity index is 2.30. The molecule has 1 aromatic carbocycles. The van der Waals surface area contributed by atoms with Gasteiger partial charge in [0.05, 0.1) is 11.7 Å². The number of nitrogens with one attached hydrogen (secondary N) is 1. The Bertz CT molecular complexity index is 632. The Hall–Kier alpha value is -0.420. The zero-order chi connectivity index (χ0) is 15.4. The summed E-state index contributed by atoms with van der Waals surface area (Å²) in [5, 5.41) is 4.29. The minimum Gasteiger partial charge on any atom is -0.309 e. The van der Waals surface area contributed by atoms with Crippen LogP contribution in [0, 0.1) is 6.92 Å². The highest BCUT2D eigenvalue weighted by Gasteiger charge is 2.17. The fourth-order valence-corrected chi connectivity index (χ4v) is 3.81. The van der Waals surface area contributed by atoms with Crippen LogP contribution in [0.15, 0.2) is 39.4 Å². The predicted molar refractivity (Wildman–Crippen MR) is 95.9 cm³/mol. The Labute approximate surface area is 147 Å². The number of halogens is 3. The van der Waals surface area contributed by atoms with Gasteiger partial charge in [-0.15, -0.1) is 0 Å². The first-order chi connectivity index (χ1) is 10.0. The number of hydrogen-bond donors (Lipinski definition) is 1. The van der Waals surface area contributed by atoms with E-state index in [-0.39, 0.29) is 6.04 Å². The first-order valence-corrected chi connectivity index (χ1v) is 8.77. The number of hydrogen-bond acceptors (Lipinski definition) is 2. The number of likely N-dealkylation sites (N-methyl/N-ethyl adjacent to an activating group) is 1. The van der Waals surface area contributed by atoms with Gasteiger partial charge in [0, 0.05) is 20.2 Å². The molecule has 0 saturated carbocycles. The van der Waals surface area contributed by atoms with Gasteiger partial charge in [0.1, 0.15) is 0 Å². The highest BCUT2D eigenvalue weighted by atomic mass is 79.9. The lowest BCUT2D eigenvalue weighted by Gasteiger charge is -2.19. The normalized spacial score (nSPS) is 12.4. The molecule has 0 fully saturated rings. The van der Waals surface area contributed by atoms with Gasteiger partial charge in [-0.2, -0.15) is 0 Å². The third-order valence-electron chi connectivity index (χ3n) is 3.25. The standard InChI is InChI=1S/C16H17Br2ClN2/c1-3-20-15(16-13(18)8-12(17)9-21-16)7-11-5-4-10(2)6-14(11)19/h4-6,8-9,15,20H,3,7H2,1-2H3. The van der Waals surface area contributed by atoms with Crippen LogP contribution in [0.4, 0.5) is 0 Å². The molecule has 1 heterocycles. The van der Waals surface area contributed by atoms with Crippen molar-refractivity contribution in [3.63, 3.8) is 0 Å². The van der Waals surface area contributed by atoms with E-state index in [1.54, 1.807) is 0 Å². The Morgan fingerprint density at radius 2 is 2.05 bits per heavy atom. The molecule has 0 radical (unpaired) electrons. The highest BCUT2D eigenvalue weighted by Crippen LogP contribution is 2.29. The van der Waals surface area contributed by atoms with Crippen molar-refractivity contribution < 1.29 is 0 Å². The number of nitrogens with zero attached hydrogens (tertiary/aromatic N) is 1. The van der Waals surface area contributed by atoms with Gasteiger partial charge >= 0.3 is 0 Å². The van der Waals surface area contributed by atoms with E-state index in [0.717, 1.165) is 38.2 Å². The third-order valence-corrected chi connectivity index (χ3v) is 4.67. The molecular weight excluding hydrogens is 415 g/mol. The predicted octanol–water partition coefficient (Wildman–Crippen LogP) is 5.46. The number of rotatable bonds is 5. The second kappa shape index (κ2) is 7.73. The van der Waals surface area contributed by atoms with E-state index in [1.807, 2.05) is 25.3 Å². The van der Waals surface area contributed by atoms with Crippen LogP contribution in [0.2, 0.25) is 5.02 Å². The Morgan fingerprint density at radius 3 is 2.67 bits per heavy atom. The molecule has 0 aliphatic rings. The zero-order valence-corrected chi connectivity index (χ0v) is 15.9. The Kier molecular flexibility index (Phi) is 6.23. The summed E-state index contributed by atoms with van der Waals surface area (Å²) in [5.74, 6) is 0. The van der Waals surface area contributed by atoms with Crippen molar-refractivity contribution in [2.75, 3.05) is 6.54 Å². The molecule has 0 saturated heterocycles. The van der Waals surface area contributed by atoms with Crippen LogP contribution in [0.5, 0.6) is 0 Å². The summed E-state index contributed by atoms with van der Waals surface area (Å²) in [6.07, 6.45) is 2.63. The molecule has 5 heteroatoms. The van der Waals surface area contributed by atoms with Crippen molar-refractivity contribution in [3.05, 3.63) is 61.3 Å². The van der Waals surface area contributed by atoms with Gasteiger partial charge in [-0.1, -0.05) is 30.7 Å². The van der Waals surface area contributed by atoms with E-state index in [4.69, 9.17) is 11.6 Å². The molecule has 2 nitrogen and oxygen atoms in total. The monoisotopic (exact) mass is 430 g/mol. The van der Waals surface area contributed by atoms with E-state index in [2.05, 4.69) is 61.2 Å². The molecule has 112 valence electrons. The van der Waals surface area contributed by atoms with Crippen LogP contribution < -0.4 is 5.32 Å². The zero-order valence-electron chi connectivity index (χ0n) is 12.0. The van der Waals surface area contributed by atoms with Crippen LogP contribution in [0.25, 0.3) is 0 Å². The summed E-state index contributed by atoms with van der Waals surface area (Å²) in [6.45, 7) is 5.01. The largest absolute Gasteiger partial charge is 0.309 e. The highest BCUT2D eigenvalue weighted by molar-refractivity contribution is 9.11. The van der Waals surface area contributed by atoms with Crippen molar-refractivity contribution in [2.45, 2.75) is 26.3 Å². The molecule has 1 aromatic heterocycles. The molecule has 1 N–H and O–H groups in total. The molecule has 0 amide bonds. The topological polar surface area (TPSA) is 24.9 Å².